The van der Waals surface area contributed by atoms with Crippen LogP contribution in [-0.4, -0.2) is 11.9 Å². The highest BCUT2D eigenvalue weighted by Crippen LogP contribution is 2.39. The first kappa shape index (κ1) is 14.6. The third kappa shape index (κ3) is 2.44. The summed E-state index contributed by atoms with van der Waals surface area (Å²) in [6.45, 7) is 2.68. The number of halogens is 4. The van der Waals surface area contributed by atoms with Gasteiger partial charge < -0.3 is 4.90 Å². The summed E-state index contributed by atoms with van der Waals surface area (Å²) < 4.78 is 53.4. The van der Waals surface area contributed by atoms with Gasteiger partial charge in [0.2, 0.25) is 0 Å². The van der Waals surface area contributed by atoms with Gasteiger partial charge in [0.05, 0.1) is 11.6 Å². The third-order valence-corrected chi connectivity index (χ3v) is 3.52. The summed E-state index contributed by atoms with van der Waals surface area (Å²) in [5.74, 6) is -0.577. The molecule has 1 aliphatic heterocycles. The minimum Gasteiger partial charge on any atom is -0.370 e. The first-order chi connectivity index (χ1) is 9.23. The number of nitrogens with zero attached hydrogens (tertiary/aromatic N) is 1. The van der Waals surface area contributed by atoms with Crippen molar-refractivity contribution in [2.45, 2.75) is 26.1 Å². The Balaban J connectivity index is 2.66. The van der Waals surface area contributed by atoms with Crippen molar-refractivity contribution >= 4 is 0 Å². The Bertz CT molecular complexity index is 585. The summed E-state index contributed by atoms with van der Waals surface area (Å²) in [4.78, 5) is 1.69. The lowest BCUT2D eigenvalue weighted by Gasteiger charge is -2.29. The molecule has 1 aromatic carbocycles. The van der Waals surface area contributed by atoms with E-state index >= 15 is 0 Å². The van der Waals surface area contributed by atoms with E-state index in [1.807, 2.05) is 0 Å². The van der Waals surface area contributed by atoms with Gasteiger partial charge in [0, 0.05) is 12.6 Å². The zero-order valence-electron chi connectivity index (χ0n) is 11.4. The van der Waals surface area contributed by atoms with Crippen LogP contribution >= 0.6 is 0 Å². The van der Waals surface area contributed by atoms with Crippen LogP contribution in [0, 0.1) is 19.7 Å². The number of aryl methyl sites for hydroxylation is 1. The van der Waals surface area contributed by atoms with E-state index in [0.717, 1.165) is 6.07 Å². The molecule has 1 atom stereocenters. The average molecular weight is 285 g/mol. The maximum absolute atomic E-state index is 14.3. The van der Waals surface area contributed by atoms with Crippen molar-refractivity contribution in [3.05, 3.63) is 58.6 Å². The maximum atomic E-state index is 14.3. The highest BCUT2D eigenvalue weighted by Gasteiger charge is 2.36. The molecule has 1 heterocycles. The van der Waals surface area contributed by atoms with Crippen LogP contribution in [0.15, 0.2) is 30.5 Å². The Hall–Kier alpha value is -1.78. The smallest absolute Gasteiger partial charge is 0.370 e. The quantitative estimate of drug-likeness (QED) is 0.686. The molecule has 0 aromatic heterocycles. The summed E-state index contributed by atoms with van der Waals surface area (Å²) >= 11 is 0. The zero-order chi connectivity index (χ0) is 15.1. The van der Waals surface area contributed by atoms with Gasteiger partial charge in [-0.25, -0.2) is 4.39 Å². The molecular formula is C15H15F4N. The Morgan fingerprint density at radius 2 is 1.80 bits per heavy atom. The predicted octanol–water partition coefficient (Wildman–Crippen LogP) is 4.52. The second kappa shape index (κ2) is 4.96. The maximum Gasteiger partial charge on any atom is 0.416 e. The third-order valence-electron chi connectivity index (χ3n) is 3.52. The minimum atomic E-state index is -4.48. The Labute approximate surface area is 115 Å². The van der Waals surface area contributed by atoms with Crippen LogP contribution in [0.2, 0.25) is 0 Å². The van der Waals surface area contributed by atoms with Crippen molar-refractivity contribution < 1.29 is 17.6 Å². The van der Waals surface area contributed by atoms with Crippen molar-refractivity contribution in [2.24, 2.45) is 0 Å². The van der Waals surface area contributed by atoms with Crippen molar-refractivity contribution in [1.82, 2.24) is 4.90 Å². The lowest BCUT2D eigenvalue weighted by Crippen LogP contribution is -2.23. The average Bonchev–Trinajstić information content (AvgIpc) is 2.35. The van der Waals surface area contributed by atoms with Crippen molar-refractivity contribution in [3.8, 4) is 0 Å². The largest absolute Gasteiger partial charge is 0.416 e. The van der Waals surface area contributed by atoms with Crippen molar-refractivity contribution in [1.29, 1.82) is 0 Å². The summed E-state index contributed by atoms with van der Waals surface area (Å²) in [5.41, 5.74) is -0.741. The fraction of sp³-hybridized carbons (Fsp3) is 0.333. The molecule has 1 aromatic rings. The SMILES string of the molecule is Cc1cc(C(F)(F)F)c(C)c(C2C=CC=CN2C)c1F. The number of allylic oxidation sites excluding steroid dienone is 2. The summed E-state index contributed by atoms with van der Waals surface area (Å²) in [6, 6.07) is 0.345. The standard InChI is InChI=1S/C15H15F4N/c1-9-8-11(15(17,18)19)10(2)13(14(9)16)12-6-4-5-7-20(12)3/h4-8,12H,1-3H3. The summed E-state index contributed by atoms with van der Waals surface area (Å²) in [5, 5.41) is 0. The van der Waals surface area contributed by atoms with E-state index in [2.05, 4.69) is 0 Å². The molecule has 1 nitrogen and oxygen atoms in total. The number of rotatable bonds is 1. The lowest BCUT2D eigenvalue weighted by atomic mass is 9.91. The first-order valence-corrected chi connectivity index (χ1v) is 6.17. The van der Waals surface area contributed by atoms with E-state index in [1.165, 1.54) is 13.8 Å². The van der Waals surface area contributed by atoms with Crippen molar-refractivity contribution in [3.63, 3.8) is 0 Å². The molecule has 0 bridgehead atoms. The van der Waals surface area contributed by atoms with Gasteiger partial charge in [0.25, 0.3) is 0 Å². The van der Waals surface area contributed by atoms with E-state index in [0.29, 0.717) is 0 Å². The molecule has 0 saturated heterocycles. The van der Waals surface area contributed by atoms with Crippen LogP contribution in [0.4, 0.5) is 17.6 Å². The molecule has 0 spiro atoms. The van der Waals surface area contributed by atoms with Crippen LogP contribution in [0.5, 0.6) is 0 Å². The van der Waals surface area contributed by atoms with Gasteiger partial charge in [-0.1, -0.05) is 12.2 Å². The van der Waals surface area contributed by atoms with E-state index in [9.17, 15) is 17.6 Å². The molecule has 1 aliphatic rings. The molecule has 0 fully saturated rings. The molecule has 0 aliphatic carbocycles. The molecule has 0 N–H and O–H groups in total. The zero-order valence-corrected chi connectivity index (χ0v) is 11.4. The molecule has 5 heteroatoms. The van der Waals surface area contributed by atoms with Crippen LogP contribution in [0.1, 0.15) is 28.3 Å². The van der Waals surface area contributed by atoms with E-state index < -0.39 is 23.6 Å². The highest BCUT2D eigenvalue weighted by molar-refractivity contribution is 5.45. The van der Waals surface area contributed by atoms with Crippen molar-refractivity contribution in [2.75, 3.05) is 7.05 Å². The Morgan fingerprint density at radius 1 is 1.15 bits per heavy atom. The Morgan fingerprint density at radius 3 is 2.35 bits per heavy atom. The van der Waals surface area contributed by atoms with Gasteiger partial charge in [-0.3, -0.25) is 0 Å². The highest BCUT2D eigenvalue weighted by atomic mass is 19.4. The van der Waals surface area contributed by atoms with Gasteiger partial charge in [0.15, 0.2) is 0 Å². The monoisotopic (exact) mass is 285 g/mol. The molecule has 20 heavy (non-hydrogen) atoms. The van der Waals surface area contributed by atoms with Gasteiger partial charge >= 0.3 is 6.18 Å². The number of hydrogen-bond acceptors (Lipinski definition) is 1. The van der Waals surface area contributed by atoms with E-state index in [1.54, 1.807) is 36.4 Å². The van der Waals surface area contributed by atoms with E-state index in [4.69, 9.17) is 0 Å². The van der Waals surface area contributed by atoms with Gasteiger partial charge in [0.1, 0.15) is 5.82 Å². The van der Waals surface area contributed by atoms with Crippen LogP contribution in [0.3, 0.4) is 0 Å². The normalized spacial score (nSPS) is 18.8. The fourth-order valence-corrected chi connectivity index (χ4v) is 2.44. The van der Waals surface area contributed by atoms with Gasteiger partial charge in [-0.05, 0) is 43.3 Å². The minimum absolute atomic E-state index is 0.00859. The molecule has 2 rings (SSSR count). The van der Waals surface area contributed by atoms with E-state index in [-0.39, 0.29) is 16.7 Å². The number of hydrogen-bond donors (Lipinski definition) is 0. The van der Waals surface area contributed by atoms with Crippen LogP contribution in [0.25, 0.3) is 0 Å². The molecule has 1 unspecified atom stereocenters. The molecule has 0 radical (unpaired) electrons. The number of benzene rings is 1. The first-order valence-electron chi connectivity index (χ1n) is 6.17. The van der Waals surface area contributed by atoms with Gasteiger partial charge in [-0.2, -0.15) is 13.2 Å². The second-order valence-electron chi connectivity index (χ2n) is 4.93. The number of alkyl halides is 3. The fourth-order valence-electron chi connectivity index (χ4n) is 2.44. The number of likely N-dealkylation sites (N-methyl/N-ethyl adjacent to an activating group) is 1. The molecular weight excluding hydrogens is 270 g/mol. The molecule has 108 valence electrons. The summed E-state index contributed by atoms with van der Waals surface area (Å²) in [6.07, 6.45) is 2.37. The summed E-state index contributed by atoms with van der Waals surface area (Å²) in [7, 11) is 1.71. The molecule has 0 saturated carbocycles. The topological polar surface area (TPSA) is 3.24 Å². The Kier molecular flexibility index (Phi) is 3.63. The lowest BCUT2D eigenvalue weighted by molar-refractivity contribution is -0.138. The van der Waals surface area contributed by atoms with Gasteiger partial charge in [-0.15, -0.1) is 0 Å². The second-order valence-corrected chi connectivity index (χ2v) is 4.93. The predicted molar refractivity (Wildman–Crippen MR) is 69.7 cm³/mol. The van der Waals surface area contributed by atoms with Crippen LogP contribution in [-0.2, 0) is 6.18 Å². The van der Waals surface area contributed by atoms with Crippen LogP contribution < -0.4 is 0 Å². The molecule has 0 amide bonds.